The molecule has 35 heavy (non-hydrogen) atoms. The van der Waals surface area contributed by atoms with Gasteiger partial charge in [0.2, 0.25) is 11.8 Å². The van der Waals surface area contributed by atoms with Gasteiger partial charge in [0.05, 0.1) is 24.9 Å². The Morgan fingerprint density at radius 3 is 1.94 bits per heavy atom. The first-order chi connectivity index (χ1) is 17.1. The summed E-state index contributed by atoms with van der Waals surface area (Å²) in [5.41, 5.74) is 2.25. The quantitative estimate of drug-likeness (QED) is 0.585. The number of imide groups is 1. The van der Waals surface area contributed by atoms with Gasteiger partial charge in [0.15, 0.2) is 0 Å². The average molecular weight is 466 g/mol. The minimum atomic E-state index is -1.24. The van der Waals surface area contributed by atoms with Crippen molar-refractivity contribution in [1.29, 1.82) is 0 Å². The number of likely N-dealkylation sites (tertiary alicyclic amines) is 1. The van der Waals surface area contributed by atoms with Crippen LogP contribution in [0.4, 0.5) is 5.69 Å². The molecule has 0 bridgehead atoms. The van der Waals surface area contributed by atoms with Crippen LogP contribution in [0.3, 0.4) is 0 Å². The van der Waals surface area contributed by atoms with Gasteiger partial charge in [-0.05, 0) is 23.6 Å². The minimum Gasteiger partial charge on any atom is -0.306 e. The van der Waals surface area contributed by atoms with Gasteiger partial charge >= 0.3 is 0 Å². The highest BCUT2D eigenvalue weighted by Crippen LogP contribution is 2.55. The monoisotopic (exact) mass is 465 g/mol. The molecule has 3 aliphatic heterocycles. The molecule has 6 heteroatoms. The van der Waals surface area contributed by atoms with E-state index in [4.69, 9.17) is 0 Å². The zero-order chi connectivity index (χ0) is 24.2. The van der Waals surface area contributed by atoms with Crippen LogP contribution in [0.2, 0.25) is 0 Å². The van der Waals surface area contributed by atoms with E-state index in [1.165, 1.54) is 4.90 Å². The van der Waals surface area contributed by atoms with Crippen LogP contribution in [-0.4, -0.2) is 28.7 Å². The summed E-state index contributed by atoms with van der Waals surface area (Å²) in [7, 11) is 0. The highest BCUT2D eigenvalue weighted by atomic mass is 16.2. The highest BCUT2D eigenvalue weighted by molar-refractivity contribution is 6.16. The Bertz CT molecular complexity index is 1310. The van der Waals surface area contributed by atoms with Crippen molar-refractivity contribution in [3.63, 3.8) is 0 Å². The van der Waals surface area contributed by atoms with Gasteiger partial charge in [0, 0.05) is 17.3 Å². The summed E-state index contributed by atoms with van der Waals surface area (Å²) in [5, 5.41) is 3.53. The Morgan fingerprint density at radius 2 is 1.31 bits per heavy atom. The molecule has 0 aliphatic carbocycles. The number of para-hydroxylation sites is 1. The molecular weight excluding hydrogens is 438 g/mol. The number of nitrogens with one attached hydrogen (secondary N) is 1. The van der Waals surface area contributed by atoms with E-state index in [-0.39, 0.29) is 30.3 Å². The van der Waals surface area contributed by atoms with E-state index in [9.17, 15) is 14.4 Å². The first-order valence-corrected chi connectivity index (χ1v) is 12.2. The smallest absolute Gasteiger partial charge is 0.253 e. The van der Waals surface area contributed by atoms with Crippen molar-refractivity contribution >= 4 is 23.4 Å². The van der Waals surface area contributed by atoms with Crippen LogP contribution >= 0.6 is 0 Å². The second-order valence-corrected chi connectivity index (χ2v) is 9.61. The molecular formula is C29H27N3O3. The summed E-state index contributed by atoms with van der Waals surface area (Å²) in [4.78, 5) is 45.0. The lowest BCUT2D eigenvalue weighted by Gasteiger charge is -2.30. The summed E-state index contributed by atoms with van der Waals surface area (Å²) in [6.07, 6.45) is 0.648. The van der Waals surface area contributed by atoms with Crippen molar-refractivity contribution in [3.8, 4) is 0 Å². The second-order valence-electron chi connectivity index (χ2n) is 9.61. The van der Waals surface area contributed by atoms with Gasteiger partial charge in [-0.2, -0.15) is 0 Å². The zero-order valence-corrected chi connectivity index (χ0v) is 19.6. The predicted octanol–water partition coefficient (Wildman–Crippen LogP) is 3.61. The molecule has 2 fully saturated rings. The summed E-state index contributed by atoms with van der Waals surface area (Å²) in [6.45, 7) is 2.63. The summed E-state index contributed by atoms with van der Waals surface area (Å²) in [6, 6.07) is 26.8. The topological polar surface area (TPSA) is 69.7 Å². The molecule has 6 rings (SSSR count). The van der Waals surface area contributed by atoms with E-state index in [2.05, 4.69) is 5.32 Å². The first kappa shape index (κ1) is 21.7. The summed E-state index contributed by atoms with van der Waals surface area (Å²) in [5.74, 6) is -1.94. The van der Waals surface area contributed by atoms with Crippen molar-refractivity contribution in [2.75, 3.05) is 4.90 Å². The van der Waals surface area contributed by atoms with E-state index < -0.39 is 17.4 Å². The Balaban J connectivity index is 1.44. The Labute approximate surface area is 204 Å². The van der Waals surface area contributed by atoms with Gasteiger partial charge in [0.25, 0.3) is 5.91 Å². The third-order valence-electron chi connectivity index (χ3n) is 7.76. The van der Waals surface area contributed by atoms with Gasteiger partial charge in [0.1, 0.15) is 5.54 Å². The first-order valence-electron chi connectivity index (χ1n) is 12.2. The molecule has 4 atom stereocenters. The number of benzene rings is 3. The fraction of sp³-hybridized carbons (Fsp3) is 0.276. The van der Waals surface area contributed by atoms with E-state index >= 15 is 0 Å². The van der Waals surface area contributed by atoms with Crippen LogP contribution in [0.5, 0.6) is 0 Å². The lowest BCUT2D eigenvalue weighted by molar-refractivity contribution is -0.143. The number of fused-ring (bicyclic) bond motifs is 4. The molecule has 3 aliphatic rings. The molecule has 0 aromatic heterocycles. The molecule has 3 aromatic rings. The van der Waals surface area contributed by atoms with Crippen LogP contribution in [0, 0.1) is 11.8 Å². The predicted molar refractivity (Wildman–Crippen MR) is 132 cm³/mol. The number of anilines is 1. The molecule has 1 N–H and O–H groups in total. The molecule has 3 aromatic carbocycles. The number of carbonyl (C=O) groups is 3. The molecule has 3 amide bonds. The van der Waals surface area contributed by atoms with E-state index in [0.717, 1.165) is 22.4 Å². The molecule has 0 radical (unpaired) electrons. The van der Waals surface area contributed by atoms with E-state index in [0.29, 0.717) is 13.0 Å². The fourth-order valence-electron chi connectivity index (χ4n) is 6.20. The number of rotatable bonds is 5. The molecule has 6 nitrogen and oxygen atoms in total. The fourth-order valence-corrected chi connectivity index (χ4v) is 6.20. The maximum Gasteiger partial charge on any atom is 0.253 e. The Morgan fingerprint density at radius 1 is 0.743 bits per heavy atom. The second kappa shape index (κ2) is 8.17. The van der Waals surface area contributed by atoms with Gasteiger partial charge in [-0.25, -0.2) is 0 Å². The SMILES string of the molecule is CC[C@@H]1N[C@]2(C(=O)N(Cc3ccccc3)c3ccccc32)[C@@H]2C(=O)N(Cc3ccccc3)C(=O)[C@H]12. The van der Waals surface area contributed by atoms with E-state index in [1.807, 2.05) is 91.9 Å². The van der Waals surface area contributed by atoms with E-state index in [1.54, 1.807) is 4.90 Å². The van der Waals surface area contributed by atoms with Crippen molar-refractivity contribution in [1.82, 2.24) is 10.2 Å². The van der Waals surface area contributed by atoms with Crippen LogP contribution < -0.4 is 10.2 Å². The minimum absolute atomic E-state index is 0.156. The van der Waals surface area contributed by atoms with Crippen LogP contribution in [-0.2, 0) is 33.0 Å². The van der Waals surface area contributed by atoms with Gasteiger partial charge < -0.3 is 4.90 Å². The standard InChI is InChI=1S/C29H27N3O3/c1-2-22-24-25(27(34)32(26(24)33)18-20-13-7-4-8-14-20)29(30-22)21-15-9-10-16-23(21)31(28(29)35)17-19-11-5-3-6-12-19/h3-16,22,24-25,30H,2,17-18H2,1H3/t22-,24+,25-,29-/m0/s1. The molecule has 3 heterocycles. The Hall–Kier alpha value is -3.77. The van der Waals surface area contributed by atoms with Crippen molar-refractivity contribution in [2.45, 2.75) is 38.0 Å². The van der Waals surface area contributed by atoms with Gasteiger partial charge in [-0.3, -0.25) is 24.6 Å². The number of carbonyl (C=O) groups excluding carboxylic acids is 3. The summed E-state index contributed by atoms with van der Waals surface area (Å²) >= 11 is 0. The van der Waals surface area contributed by atoms with Crippen LogP contribution in [0.1, 0.15) is 30.0 Å². The van der Waals surface area contributed by atoms with Gasteiger partial charge in [-0.15, -0.1) is 0 Å². The maximum atomic E-state index is 14.3. The normalized spacial score (nSPS) is 27.1. The Kier molecular flexibility index (Phi) is 5.07. The summed E-state index contributed by atoms with van der Waals surface area (Å²) < 4.78 is 0. The molecule has 176 valence electrons. The lowest BCUT2D eigenvalue weighted by atomic mass is 9.76. The lowest BCUT2D eigenvalue weighted by Crippen LogP contribution is -2.54. The molecule has 1 spiro atoms. The highest BCUT2D eigenvalue weighted by Gasteiger charge is 2.71. The van der Waals surface area contributed by atoms with Crippen molar-refractivity contribution in [3.05, 3.63) is 102 Å². The number of amides is 3. The van der Waals surface area contributed by atoms with Crippen molar-refractivity contribution in [2.24, 2.45) is 11.8 Å². The molecule has 0 saturated carbocycles. The molecule has 2 saturated heterocycles. The maximum absolute atomic E-state index is 14.3. The zero-order valence-electron chi connectivity index (χ0n) is 19.6. The number of hydrogen-bond acceptors (Lipinski definition) is 4. The third kappa shape index (κ3) is 3.09. The van der Waals surface area contributed by atoms with Crippen LogP contribution in [0.25, 0.3) is 0 Å². The number of hydrogen-bond donors (Lipinski definition) is 1. The van der Waals surface area contributed by atoms with Crippen molar-refractivity contribution < 1.29 is 14.4 Å². The number of nitrogens with zero attached hydrogens (tertiary/aromatic N) is 2. The third-order valence-corrected chi connectivity index (χ3v) is 7.76. The average Bonchev–Trinajstić information content (AvgIpc) is 3.46. The van der Waals surface area contributed by atoms with Crippen LogP contribution in [0.15, 0.2) is 84.9 Å². The largest absolute Gasteiger partial charge is 0.306 e. The molecule has 0 unspecified atom stereocenters. The van der Waals surface area contributed by atoms with Gasteiger partial charge in [-0.1, -0.05) is 85.8 Å².